The molecule has 0 aliphatic heterocycles. The summed E-state index contributed by atoms with van der Waals surface area (Å²) in [7, 11) is 0. The van der Waals surface area contributed by atoms with Gasteiger partial charge in [-0.1, -0.05) is 35.9 Å². The largest absolute Gasteiger partial charge is 0.482 e. The lowest BCUT2D eigenvalue weighted by atomic mass is 10.2. The number of aryl methyl sites for hydroxylation is 3. The van der Waals surface area contributed by atoms with Gasteiger partial charge in [0.2, 0.25) is 0 Å². The van der Waals surface area contributed by atoms with Crippen molar-refractivity contribution in [3.05, 3.63) is 71.0 Å². The molecule has 7 nitrogen and oxygen atoms in total. The molecular formula is C23H25N3O4. The van der Waals surface area contributed by atoms with Gasteiger partial charge in [0, 0.05) is 0 Å². The highest BCUT2D eigenvalue weighted by Crippen LogP contribution is 2.23. The summed E-state index contributed by atoms with van der Waals surface area (Å²) in [4.78, 5) is 24.2. The molecule has 3 aromatic rings. The Hall–Kier alpha value is -3.61. The van der Waals surface area contributed by atoms with Gasteiger partial charge in [0.25, 0.3) is 5.91 Å². The molecule has 1 amide bonds. The molecule has 1 heterocycles. The van der Waals surface area contributed by atoms with Gasteiger partial charge in [-0.2, -0.15) is 5.10 Å². The number of para-hydroxylation sites is 1. The van der Waals surface area contributed by atoms with Gasteiger partial charge < -0.3 is 14.8 Å². The number of rotatable bonds is 7. The zero-order valence-corrected chi connectivity index (χ0v) is 17.6. The van der Waals surface area contributed by atoms with Gasteiger partial charge in [0.15, 0.2) is 13.2 Å². The maximum absolute atomic E-state index is 12.3. The van der Waals surface area contributed by atoms with Gasteiger partial charge in [-0.05, 0) is 51.5 Å². The van der Waals surface area contributed by atoms with Crippen LogP contribution < -0.4 is 10.1 Å². The number of carbonyl (C=O) groups excluding carboxylic acids is 2. The topological polar surface area (TPSA) is 82.5 Å². The SMILES string of the molecule is Cc1ccc(-n2nc(C)c(NC(=O)COC(=O)COc3ccccc3C)c2C)cc1. The minimum atomic E-state index is -0.614. The average Bonchev–Trinajstić information content (AvgIpc) is 3.00. The monoisotopic (exact) mass is 407 g/mol. The van der Waals surface area contributed by atoms with Crippen LogP contribution in [0.5, 0.6) is 5.75 Å². The van der Waals surface area contributed by atoms with Gasteiger partial charge in [-0.3, -0.25) is 4.79 Å². The maximum atomic E-state index is 12.3. The summed E-state index contributed by atoms with van der Waals surface area (Å²) in [6.45, 7) is 6.93. The van der Waals surface area contributed by atoms with Gasteiger partial charge in [-0.25, -0.2) is 9.48 Å². The first kappa shape index (κ1) is 21.1. The molecular weight excluding hydrogens is 382 g/mol. The molecule has 1 aromatic heterocycles. The van der Waals surface area contributed by atoms with Crippen LogP contribution in [0.25, 0.3) is 5.69 Å². The van der Waals surface area contributed by atoms with E-state index in [0.717, 1.165) is 22.5 Å². The molecule has 7 heteroatoms. The Morgan fingerprint density at radius 3 is 2.37 bits per heavy atom. The number of hydrogen-bond acceptors (Lipinski definition) is 5. The fourth-order valence-electron chi connectivity index (χ4n) is 2.98. The summed E-state index contributed by atoms with van der Waals surface area (Å²) >= 11 is 0. The highest BCUT2D eigenvalue weighted by atomic mass is 16.6. The molecule has 0 saturated heterocycles. The van der Waals surface area contributed by atoms with Gasteiger partial charge in [0.1, 0.15) is 5.75 Å². The lowest BCUT2D eigenvalue weighted by Gasteiger charge is -2.10. The summed E-state index contributed by atoms with van der Waals surface area (Å²) in [5.41, 5.74) is 5.05. The van der Waals surface area contributed by atoms with Gasteiger partial charge in [0.05, 0.1) is 22.8 Å². The van der Waals surface area contributed by atoms with Crippen LogP contribution in [0.1, 0.15) is 22.5 Å². The number of esters is 1. The first-order valence-corrected chi connectivity index (χ1v) is 9.62. The zero-order chi connectivity index (χ0) is 21.7. The summed E-state index contributed by atoms with van der Waals surface area (Å²) < 4.78 is 12.2. The van der Waals surface area contributed by atoms with Gasteiger partial charge >= 0.3 is 5.97 Å². The number of nitrogens with one attached hydrogen (secondary N) is 1. The zero-order valence-electron chi connectivity index (χ0n) is 17.6. The van der Waals surface area contributed by atoms with E-state index in [-0.39, 0.29) is 6.61 Å². The third-order valence-corrected chi connectivity index (χ3v) is 4.64. The fourth-order valence-corrected chi connectivity index (χ4v) is 2.98. The smallest absolute Gasteiger partial charge is 0.344 e. The molecule has 0 spiro atoms. The van der Waals surface area contributed by atoms with Crippen LogP contribution in [0.4, 0.5) is 5.69 Å². The number of aromatic nitrogens is 2. The summed E-state index contributed by atoms with van der Waals surface area (Å²) in [6.07, 6.45) is 0. The third kappa shape index (κ3) is 5.05. The predicted octanol–water partition coefficient (Wildman–Crippen LogP) is 3.67. The Morgan fingerprint density at radius 1 is 0.967 bits per heavy atom. The molecule has 0 unspecified atom stereocenters. The molecule has 0 fully saturated rings. The summed E-state index contributed by atoms with van der Waals surface area (Å²) in [6, 6.07) is 15.3. The first-order valence-electron chi connectivity index (χ1n) is 9.62. The number of ether oxygens (including phenoxy) is 2. The van der Waals surface area contributed by atoms with Crippen molar-refractivity contribution in [2.45, 2.75) is 27.7 Å². The Balaban J connectivity index is 1.55. The number of carbonyl (C=O) groups is 2. The maximum Gasteiger partial charge on any atom is 0.344 e. The Bertz CT molecular complexity index is 1050. The quantitative estimate of drug-likeness (QED) is 0.605. The van der Waals surface area contributed by atoms with E-state index < -0.39 is 18.5 Å². The molecule has 2 aromatic carbocycles. The number of benzene rings is 2. The van der Waals surface area contributed by atoms with Crippen molar-refractivity contribution in [3.8, 4) is 11.4 Å². The molecule has 0 atom stereocenters. The lowest BCUT2D eigenvalue weighted by Crippen LogP contribution is -2.24. The van der Waals surface area contributed by atoms with Crippen LogP contribution in [0.2, 0.25) is 0 Å². The molecule has 30 heavy (non-hydrogen) atoms. The normalized spacial score (nSPS) is 10.5. The highest BCUT2D eigenvalue weighted by molar-refractivity contribution is 5.94. The molecule has 0 saturated carbocycles. The molecule has 1 N–H and O–H groups in total. The second-order valence-electron chi connectivity index (χ2n) is 7.06. The van der Waals surface area contributed by atoms with E-state index in [9.17, 15) is 9.59 Å². The van der Waals surface area contributed by atoms with Crippen LogP contribution in [0.15, 0.2) is 48.5 Å². The van der Waals surface area contributed by atoms with E-state index in [1.807, 2.05) is 70.2 Å². The van der Waals surface area contributed by atoms with E-state index >= 15 is 0 Å². The second kappa shape index (κ2) is 9.26. The van der Waals surface area contributed by atoms with Crippen molar-refractivity contribution in [1.29, 1.82) is 0 Å². The van der Waals surface area contributed by atoms with Crippen LogP contribution in [-0.2, 0) is 14.3 Å². The van der Waals surface area contributed by atoms with Crippen LogP contribution >= 0.6 is 0 Å². The molecule has 0 radical (unpaired) electrons. The molecule has 0 bridgehead atoms. The van der Waals surface area contributed by atoms with Crippen LogP contribution in [0.3, 0.4) is 0 Å². The predicted molar refractivity (Wildman–Crippen MR) is 114 cm³/mol. The number of anilines is 1. The number of nitrogens with zero attached hydrogens (tertiary/aromatic N) is 2. The van der Waals surface area contributed by atoms with Crippen LogP contribution in [0, 0.1) is 27.7 Å². The second-order valence-corrected chi connectivity index (χ2v) is 7.06. The fraction of sp³-hybridized carbons (Fsp3) is 0.261. The minimum absolute atomic E-state index is 0.262. The average molecular weight is 407 g/mol. The summed E-state index contributed by atoms with van der Waals surface area (Å²) in [5, 5.41) is 7.28. The Kier molecular flexibility index (Phi) is 6.51. The van der Waals surface area contributed by atoms with E-state index in [1.54, 1.807) is 10.7 Å². The number of hydrogen-bond donors (Lipinski definition) is 1. The van der Waals surface area contributed by atoms with Crippen molar-refractivity contribution in [2.75, 3.05) is 18.5 Å². The molecule has 156 valence electrons. The van der Waals surface area contributed by atoms with Crippen molar-refractivity contribution < 1.29 is 19.1 Å². The lowest BCUT2D eigenvalue weighted by molar-refractivity contribution is -0.149. The highest BCUT2D eigenvalue weighted by Gasteiger charge is 2.16. The van der Waals surface area contributed by atoms with Crippen molar-refractivity contribution in [2.24, 2.45) is 0 Å². The van der Waals surface area contributed by atoms with Gasteiger partial charge in [-0.15, -0.1) is 0 Å². The van der Waals surface area contributed by atoms with E-state index in [4.69, 9.17) is 9.47 Å². The van der Waals surface area contributed by atoms with Crippen LogP contribution in [-0.4, -0.2) is 34.9 Å². The van der Waals surface area contributed by atoms with E-state index in [1.165, 1.54) is 0 Å². The molecule has 3 rings (SSSR count). The number of amides is 1. The van der Waals surface area contributed by atoms with Crippen molar-refractivity contribution >= 4 is 17.6 Å². The standard InChI is InChI=1S/C23H25N3O4/c1-15-9-11-19(12-10-15)26-18(4)23(17(3)25-26)24-21(27)13-30-22(28)14-29-20-8-6-5-7-16(20)2/h5-12H,13-14H2,1-4H3,(H,24,27). The van der Waals surface area contributed by atoms with Crippen molar-refractivity contribution in [3.63, 3.8) is 0 Å². The third-order valence-electron chi connectivity index (χ3n) is 4.64. The molecule has 0 aliphatic carbocycles. The van der Waals surface area contributed by atoms with E-state index in [2.05, 4.69) is 10.4 Å². The Morgan fingerprint density at radius 2 is 1.67 bits per heavy atom. The minimum Gasteiger partial charge on any atom is -0.482 e. The molecule has 0 aliphatic rings. The summed E-state index contributed by atoms with van der Waals surface area (Å²) in [5.74, 6) is -0.445. The van der Waals surface area contributed by atoms with E-state index in [0.29, 0.717) is 17.1 Å². The first-order chi connectivity index (χ1) is 14.3. The Labute approximate surface area is 175 Å². The van der Waals surface area contributed by atoms with Crippen molar-refractivity contribution in [1.82, 2.24) is 9.78 Å².